The Morgan fingerprint density at radius 3 is 2.65 bits per heavy atom. The van der Waals surface area contributed by atoms with Crippen molar-refractivity contribution in [1.29, 1.82) is 0 Å². The van der Waals surface area contributed by atoms with Crippen LogP contribution in [0, 0.1) is 0 Å². The first-order valence-electron chi connectivity index (χ1n) is 7.14. The van der Waals surface area contributed by atoms with Gasteiger partial charge in [-0.25, -0.2) is 0 Å². The Morgan fingerprint density at radius 2 is 2.00 bits per heavy atom. The second-order valence-electron chi connectivity index (χ2n) is 4.72. The highest BCUT2D eigenvalue weighted by Crippen LogP contribution is 2.18. The molecule has 0 unspecified atom stereocenters. The van der Waals surface area contributed by atoms with Crippen LogP contribution in [0.1, 0.15) is 37.0 Å². The third-order valence-electron chi connectivity index (χ3n) is 3.34. The van der Waals surface area contributed by atoms with Gasteiger partial charge in [-0.2, -0.15) is 0 Å². The fraction of sp³-hybridized carbons (Fsp3) is 0.533. The number of carbonyl (C=O) groups is 1. The van der Waals surface area contributed by atoms with Gasteiger partial charge in [-0.05, 0) is 50.7 Å². The average Bonchev–Trinajstić information content (AvgIpc) is 2.45. The largest absolute Gasteiger partial charge is 0.398 e. The monoisotopic (exact) mass is 341 g/mol. The Balaban J connectivity index is 2.31. The molecule has 1 aromatic carbocycles. The van der Waals surface area contributed by atoms with Crippen LogP contribution >= 0.6 is 15.9 Å². The highest BCUT2D eigenvalue weighted by molar-refractivity contribution is 9.10. The van der Waals surface area contributed by atoms with Gasteiger partial charge in [0, 0.05) is 16.7 Å². The van der Waals surface area contributed by atoms with Crippen molar-refractivity contribution in [3.63, 3.8) is 0 Å². The molecule has 0 saturated carbocycles. The molecule has 1 rings (SSSR count). The zero-order valence-electron chi connectivity index (χ0n) is 12.3. The highest BCUT2D eigenvalue weighted by atomic mass is 79.9. The maximum Gasteiger partial charge on any atom is 0.253 e. The summed E-state index contributed by atoms with van der Waals surface area (Å²) in [7, 11) is 0. The lowest BCUT2D eigenvalue weighted by Gasteiger charge is -2.17. The number of benzene rings is 1. The summed E-state index contributed by atoms with van der Waals surface area (Å²) in [5.41, 5.74) is 6.85. The second-order valence-corrected chi connectivity index (χ2v) is 5.64. The van der Waals surface area contributed by atoms with Crippen LogP contribution < -0.4 is 11.1 Å². The van der Waals surface area contributed by atoms with Crippen LogP contribution in [0.3, 0.4) is 0 Å². The first-order valence-corrected chi connectivity index (χ1v) is 7.93. The van der Waals surface area contributed by atoms with Gasteiger partial charge in [-0.1, -0.05) is 29.8 Å². The SMILES string of the molecule is CCN(CC)CCCCNC(=O)c1cc(Br)ccc1N. The summed E-state index contributed by atoms with van der Waals surface area (Å²) in [6.07, 6.45) is 2.08. The van der Waals surface area contributed by atoms with Crippen molar-refractivity contribution in [3.05, 3.63) is 28.2 Å². The average molecular weight is 342 g/mol. The molecule has 0 fully saturated rings. The van der Waals surface area contributed by atoms with Gasteiger partial charge in [0.15, 0.2) is 0 Å². The summed E-state index contributed by atoms with van der Waals surface area (Å²) in [6, 6.07) is 5.32. The minimum Gasteiger partial charge on any atom is -0.398 e. The first kappa shape index (κ1) is 17.0. The zero-order valence-corrected chi connectivity index (χ0v) is 13.9. The summed E-state index contributed by atoms with van der Waals surface area (Å²) >= 11 is 3.35. The van der Waals surface area contributed by atoms with Gasteiger partial charge in [0.1, 0.15) is 0 Å². The number of nitrogens with zero attached hydrogens (tertiary/aromatic N) is 1. The predicted molar refractivity (Wildman–Crippen MR) is 87.9 cm³/mol. The summed E-state index contributed by atoms with van der Waals surface area (Å²) < 4.78 is 0.860. The predicted octanol–water partition coefficient (Wildman–Crippen LogP) is 2.88. The van der Waals surface area contributed by atoms with Gasteiger partial charge in [-0.3, -0.25) is 4.79 Å². The molecule has 0 radical (unpaired) electrons. The van der Waals surface area contributed by atoms with Gasteiger partial charge in [0.2, 0.25) is 0 Å². The summed E-state index contributed by atoms with van der Waals surface area (Å²) in [4.78, 5) is 14.4. The van der Waals surface area contributed by atoms with Crippen molar-refractivity contribution in [2.24, 2.45) is 0 Å². The fourth-order valence-corrected chi connectivity index (χ4v) is 2.38. The maximum absolute atomic E-state index is 12.0. The first-order chi connectivity index (χ1) is 9.58. The van der Waals surface area contributed by atoms with E-state index in [9.17, 15) is 4.79 Å². The molecular formula is C15H24BrN3O. The van der Waals surface area contributed by atoms with Crippen molar-refractivity contribution >= 4 is 27.5 Å². The van der Waals surface area contributed by atoms with E-state index < -0.39 is 0 Å². The number of unbranched alkanes of at least 4 members (excludes halogenated alkanes) is 1. The lowest BCUT2D eigenvalue weighted by Crippen LogP contribution is -2.27. The van der Waals surface area contributed by atoms with Crippen LogP contribution in [0.25, 0.3) is 0 Å². The molecule has 0 aliphatic heterocycles. The number of nitrogens with two attached hydrogens (primary N) is 1. The number of nitrogen functional groups attached to an aromatic ring is 1. The number of rotatable bonds is 8. The quantitative estimate of drug-likeness (QED) is 0.564. The molecule has 0 spiro atoms. The number of hydrogen-bond donors (Lipinski definition) is 2. The molecule has 4 nitrogen and oxygen atoms in total. The molecule has 0 aliphatic carbocycles. The minimum absolute atomic E-state index is 0.105. The molecule has 1 aromatic rings. The molecule has 0 atom stereocenters. The molecule has 3 N–H and O–H groups in total. The van der Waals surface area contributed by atoms with Crippen LogP contribution in [0.4, 0.5) is 5.69 Å². The van der Waals surface area contributed by atoms with E-state index in [0.717, 1.165) is 36.9 Å². The van der Waals surface area contributed by atoms with Crippen LogP contribution in [-0.4, -0.2) is 37.0 Å². The van der Waals surface area contributed by atoms with E-state index in [1.54, 1.807) is 12.1 Å². The van der Waals surface area contributed by atoms with E-state index in [-0.39, 0.29) is 5.91 Å². The van der Waals surface area contributed by atoms with Crippen molar-refractivity contribution in [2.75, 3.05) is 31.9 Å². The molecule has 0 saturated heterocycles. The Morgan fingerprint density at radius 1 is 1.30 bits per heavy atom. The fourth-order valence-electron chi connectivity index (χ4n) is 2.02. The molecule has 1 amide bonds. The van der Waals surface area contributed by atoms with Crippen molar-refractivity contribution in [1.82, 2.24) is 10.2 Å². The van der Waals surface area contributed by atoms with Crippen LogP contribution in [0.15, 0.2) is 22.7 Å². The van der Waals surface area contributed by atoms with E-state index in [2.05, 4.69) is 40.0 Å². The lowest BCUT2D eigenvalue weighted by molar-refractivity contribution is 0.0953. The molecule has 0 aliphatic rings. The van der Waals surface area contributed by atoms with Crippen molar-refractivity contribution < 1.29 is 4.79 Å². The lowest BCUT2D eigenvalue weighted by atomic mass is 10.1. The Hall–Kier alpha value is -1.07. The molecule has 5 heteroatoms. The van der Waals surface area contributed by atoms with E-state index in [4.69, 9.17) is 5.73 Å². The van der Waals surface area contributed by atoms with E-state index >= 15 is 0 Å². The molecule has 0 bridgehead atoms. The number of hydrogen-bond acceptors (Lipinski definition) is 3. The second kappa shape index (κ2) is 8.97. The van der Waals surface area contributed by atoms with Crippen LogP contribution in [0.5, 0.6) is 0 Å². The smallest absolute Gasteiger partial charge is 0.253 e. The summed E-state index contributed by atoms with van der Waals surface area (Å²) in [6.45, 7) is 8.27. The third kappa shape index (κ3) is 5.51. The number of anilines is 1. The van der Waals surface area contributed by atoms with E-state index in [1.165, 1.54) is 0 Å². The van der Waals surface area contributed by atoms with Gasteiger partial charge in [0.05, 0.1) is 5.56 Å². The number of amides is 1. The molecule has 0 aromatic heterocycles. The van der Waals surface area contributed by atoms with Crippen LogP contribution in [-0.2, 0) is 0 Å². The zero-order chi connectivity index (χ0) is 15.0. The van der Waals surface area contributed by atoms with E-state index in [1.807, 2.05) is 6.07 Å². The number of nitrogens with one attached hydrogen (secondary N) is 1. The standard InChI is InChI=1S/C15H24BrN3O/c1-3-19(4-2)10-6-5-9-18-15(20)13-11-12(16)7-8-14(13)17/h7-8,11H,3-6,9-10,17H2,1-2H3,(H,18,20). The van der Waals surface area contributed by atoms with Gasteiger partial charge in [-0.15, -0.1) is 0 Å². The Bertz CT molecular complexity index is 433. The summed E-state index contributed by atoms with van der Waals surface area (Å²) in [5.74, 6) is -0.105. The van der Waals surface area contributed by atoms with Crippen molar-refractivity contribution in [3.8, 4) is 0 Å². The van der Waals surface area contributed by atoms with Gasteiger partial charge >= 0.3 is 0 Å². The molecule has 20 heavy (non-hydrogen) atoms. The molecular weight excluding hydrogens is 318 g/mol. The number of halogens is 1. The Kier molecular flexibility index (Phi) is 7.62. The maximum atomic E-state index is 12.0. The normalized spacial score (nSPS) is 10.8. The third-order valence-corrected chi connectivity index (χ3v) is 3.83. The molecule has 0 heterocycles. The Labute approximate surface area is 129 Å². The van der Waals surface area contributed by atoms with Crippen LogP contribution in [0.2, 0.25) is 0 Å². The molecule has 112 valence electrons. The van der Waals surface area contributed by atoms with Gasteiger partial charge < -0.3 is 16.0 Å². The van der Waals surface area contributed by atoms with Gasteiger partial charge in [0.25, 0.3) is 5.91 Å². The number of carbonyl (C=O) groups excluding carboxylic acids is 1. The highest BCUT2D eigenvalue weighted by Gasteiger charge is 2.09. The topological polar surface area (TPSA) is 58.4 Å². The summed E-state index contributed by atoms with van der Waals surface area (Å²) in [5, 5.41) is 2.92. The minimum atomic E-state index is -0.105. The van der Waals surface area contributed by atoms with E-state index in [0.29, 0.717) is 17.8 Å². The van der Waals surface area contributed by atoms with Crippen molar-refractivity contribution in [2.45, 2.75) is 26.7 Å².